The van der Waals surface area contributed by atoms with Gasteiger partial charge in [-0.05, 0) is 0 Å². The summed E-state index contributed by atoms with van der Waals surface area (Å²) in [7, 11) is 0. The zero-order valence-corrected chi connectivity index (χ0v) is 8.19. The molecule has 2 rings (SSSR count). The van der Waals surface area contributed by atoms with Gasteiger partial charge >= 0.3 is 11.4 Å². The summed E-state index contributed by atoms with van der Waals surface area (Å²) in [5, 5.41) is 0. The summed E-state index contributed by atoms with van der Waals surface area (Å²) < 4.78 is 0. The SMILES string of the molecule is O=c1[nH]c(=O)c2[nH]c(=O)[nH]c2[nH]1.[Au]. The first-order chi connectivity index (χ1) is 5.66. The van der Waals surface area contributed by atoms with Crippen molar-refractivity contribution in [3.05, 3.63) is 31.3 Å². The van der Waals surface area contributed by atoms with Crippen molar-refractivity contribution in [1.29, 1.82) is 0 Å². The van der Waals surface area contributed by atoms with Gasteiger partial charge in [0.15, 0.2) is 0 Å². The smallest absolute Gasteiger partial charge is 0.300 e. The third-order valence-electron chi connectivity index (χ3n) is 1.42. The molecule has 73 valence electrons. The van der Waals surface area contributed by atoms with Crippen molar-refractivity contribution in [2.75, 3.05) is 0 Å². The maximum atomic E-state index is 10.9. The first kappa shape index (κ1) is 9.78. The van der Waals surface area contributed by atoms with Gasteiger partial charge in [-0.1, -0.05) is 0 Å². The molecule has 0 aliphatic rings. The van der Waals surface area contributed by atoms with E-state index in [-0.39, 0.29) is 33.5 Å². The summed E-state index contributed by atoms with van der Waals surface area (Å²) >= 11 is 0. The van der Waals surface area contributed by atoms with E-state index in [4.69, 9.17) is 0 Å². The Bertz CT molecular complexity index is 588. The van der Waals surface area contributed by atoms with E-state index in [0.717, 1.165) is 0 Å². The van der Waals surface area contributed by atoms with E-state index in [1.54, 1.807) is 0 Å². The van der Waals surface area contributed by atoms with E-state index < -0.39 is 16.9 Å². The van der Waals surface area contributed by atoms with Crippen molar-refractivity contribution >= 4 is 11.2 Å². The number of aromatic nitrogens is 4. The van der Waals surface area contributed by atoms with Crippen LogP contribution in [-0.2, 0) is 22.4 Å². The Labute approximate surface area is 85.1 Å². The first-order valence-corrected chi connectivity index (χ1v) is 3.11. The van der Waals surface area contributed by atoms with Crippen LogP contribution in [0.15, 0.2) is 14.4 Å². The molecule has 0 amide bonds. The molecule has 0 spiro atoms. The molecule has 0 bridgehead atoms. The molecule has 0 atom stereocenters. The standard InChI is InChI=1S/C5H4N4O3.Au/c10-3-1-2(7-4(11)6-1)8-5(12)9-3;/h(H4,6,7,8,9,10,11,12);. The average Bonchev–Trinajstić information content (AvgIpc) is 2.29. The minimum atomic E-state index is -0.650. The van der Waals surface area contributed by atoms with E-state index in [0.29, 0.717) is 0 Å². The maximum absolute atomic E-state index is 10.9. The van der Waals surface area contributed by atoms with Gasteiger partial charge in [-0.25, -0.2) is 9.59 Å². The zero-order chi connectivity index (χ0) is 8.72. The number of fused-ring (bicyclic) bond motifs is 1. The zero-order valence-electron chi connectivity index (χ0n) is 6.03. The molecule has 0 saturated carbocycles. The molecule has 7 nitrogen and oxygen atoms in total. The molecule has 0 aliphatic heterocycles. The van der Waals surface area contributed by atoms with Crippen molar-refractivity contribution in [2.24, 2.45) is 0 Å². The fraction of sp³-hybridized carbons (Fsp3) is 0. The van der Waals surface area contributed by atoms with Crippen LogP contribution in [0, 0.1) is 0 Å². The van der Waals surface area contributed by atoms with Gasteiger partial charge in [-0.15, -0.1) is 0 Å². The normalized spacial score (nSPS) is 9.85. The van der Waals surface area contributed by atoms with Gasteiger partial charge in [0, 0.05) is 22.4 Å². The summed E-state index contributed by atoms with van der Waals surface area (Å²) in [6.07, 6.45) is 0. The Morgan fingerprint density at radius 1 is 0.769 bits per heavy atom. The third-order valence-corrected chi connectivity index (χ3v) is 1.42. The largest absolute Gasteiger partial charge is 0.327 e. The van der Waals surface area contributed by atoms with Crippen LogP contribution in [-0.4, -0.2) is 19.9 Å². The van der Waals surface area contributed by atoms with Gasteiger partial charge in [0.25, 0.3) is 5.56 Å². The summed E-state index contributed by atoms with van der Waals surface area (Å²) in [5.41, 5.74) is -1.65. The molecular formula is C5H4AuN4O3. The fourth-order valence-corrected chi connectivity index (χ4v) is 0.958. The summed E-state index contributed by atoms with van der Waals surface area (Å²) in [4.78, 5) is 41.0. The van der Waals surface area contributed by atoms with Crippen LogP contribution >= 0.6 is 0 Å². The van der Waals surface area contributed by atoms with Crippen LogP contribution in [0.2, 0.25) is 0 Å². The van der Waals surface area contributed by atoms with E-state index in [2.05, 4.69) is 15.0 Å². The van der Waals surface area contributed by atoms with E-state index in [1.165, 1.54) is 0 Å². The Morgan fingerprint density at radius 2 is 1.31 bits per heavy atom. The predicted molar refractivity (Wildman–Crippen MR) is 40.2 cm³/mol. The molecule has 13 heavy (non-hydrogen) atoms. The topological polar surface area (TPSA) is 114 Å². The average molecular weight is 365 g/mol. The van der Waals surface area contributed by atoms with Gasteiger partial charge in [0.2, 0.25) is 0 Å². The van der Waals surface area contributed by atoms with Crippen LogP contribution in [0.5, 0.6) is 0 Å². The second-order valence-electron chi connectivity index (χ2n) is 2.24. The fourth-order valence-electron chi connectivity index (χ4n) is 0.958. The van der Waals surface area contributed by atoms with Crippen LogP contribution in [0.1, 0.15) is 0 Å². The van der Waals surface area contributed by atoms with Crippen LogP contribution in [0.4, 0.5) is 0 Å². The Hall–Kier alpha value is -1.31. The molecule has 4 N–H and O–H groups in total. The van der Waals surface area contributed by atoms with Gasteiger partial charge in [-0.3, -0.25) is 24.7 Å². The monoisotopic (exact) mass is 365 g/mol. The predicted octanol–water partition coefficient (Wildman–Crippen LogP) is -1.77. The summed E-state index contributed by atoms with van der Waals surface area (Å²) in [6.45, 7) is 0. The molecule has 0 aliphatic carbocycles. The Kier molecular flexibility index (Phi) is 2.41. The molecule has 2 aromatic heterocycles. The van der Waals surface area contributed by atoms with Crippen molar-refractivity contribution in [1.82, 2.24) is 19.9 Å². The van der Waals surface area contributed by atoms with Crippen molar-refractivity contribution in [2.45, 2.75) is 0 Å². The minimum absolute atomic E-state index is 0. The Morgan fingerprint density at radius 3 is 1.92 bits per heavy atom. The molecule has 0 unspecified atom stereocenters. The molecule has 2 aromatic rings. The number of hydrogen-bond acceptors (Lipinski definition) is 3. The second-order valence-corrected chi connectivity index (χ2v) is 2.24. The maximum Gasteiger partial charge on any atom is 0.327 e. The number of hydrogen-bond donors (Lipinski definition) is 4. The molecule has 2 heterocycles. The van der Waals surface area contributed by atoms with Gasteiger partial charge in [-0.2, -0.15) is 0 Å². The van der Waals surface area contributed by atoms with Gasteiger partial charge < -0.3 is 0 Å². The molecular weight excluding hydrogens is 361 g/mol. The number of H-pyrrole nitrogens is 4. The number of rotatable bonds is 0. The van der Waals surface area contributed by atoms with Crippen molar-refractivity contribution < 1.29 is 22.4 Å². The second kappa shape index (κ2) is 3.21. The number of aromatic amines is 4. The van der Waals surface area contributed by atoms with Crippen molar-refractivity contribution in [3.63, 3.8) is 0 Å². The summed E-state index contributed by atoms with van der Waals surface area (Å²) in [6, 6.07) is 0. The number of imidazole rings is 1. The van der Waals surface area contributed by atoms with Gasteiger partial charge in [0.1, 0.15) is 11.2 Å². The van der Waals surface area contributed by atoms with Gasteiger partial charge in [0.05, 0.1) is 0 Å². The molecule has 0 saturated heterocycles. The third kappa shape index (κ3) is 1.57. The molecule has 1 radical (unpaired) electrons. The minimum Gasteiger partial charge on any atom is -0.300 e. The Balaban J connectivity index is 0.000000845. The first-order valence-electron chi connectivity index (χ1n) is 3.11. The molecule has 0 aromatic carbocycles. The van der Waals surface area contributed by atoms with E-state index >= 15 is 0 Å². The quantitative estimate of drug-likeness (QED) is 0.415. The van der Waals surface area contributed by atoms with E-state index in [9.17, 15) is 14.4 Å². The molecule has 0 fully saturated rings. The van der Waals surface area contributed by atoms with Crippen molar-refractivity contribution in [3.8, 4) is 0 Å². The van der Waals surface area contributed by atoms with Crippen LogP contribution in [0.25, 0.3) is 11.2 Å². The van der Waals surface area contributed by atoms with E-state index in [1.807, 2.05) is 4.98 Å². The van der Waals surface area contributed by atoms with Crippen LogP contribution < -0.4 is 16.9 Å². The number of nitrogens with one attached hydrogen (secondary N) is 4. The molecule has 8 heteroatoms. The summed E-state index contributed by atoms with van der Waals surface area (Å²) in [5.74, 6) is 0. The van der Waals surface area contributed by atoms with Crippen LogP contribution in [0.3, 0.4) is 0 Å².